The summed E-state index contributed by atoms with van der Waals surface area (Å²) in [6.45, 7) is 7.97. The molecule has 1 N–H and O–H groups in total. The van der Waals surface area contributed by atoms with Gasteiger partial charge in [0.05, 0.1) is 12.1 Å². The van der Waals surface area contributed by atoms with Crippen molar-refractivity contribution in [3.8, 4) is 0 Å². The van der Waals surface area contributed by atoms with Crippen LogP contribution in [0.4, 0.5) is 5.69 Å². The Hall–Kier alpha value is -2.10. The molecule has 0 spiro atoms. The van der Waals surface area contributed by atoms with Gasteiger partial charge in [-0.25, -0.2) is 0 Å². The van der Waals surface area contributed by atoms with Gasteiger partial charge in [0.15, 0.2) is 0 Å². The Morgan fingerprint density at radius 1 is 1.15 bits per heavy atom. The van der Waals surface area contributed by atoms with E-state index in [4.69, 9.17) is 0 Å². The molecule has 0 unspecified atom stereocenters. The molecule has 4 nitrogen and oxygen atoms in total. The second-order valence-electron chi connectivity index (χ2n) is 5.37. The van der Waals surface area contributed by atoms with Crippen LogP contribution < -0.4 is 5.32 Å². The smallest absolute Gasteiger partial charge is 0.228 e. The highest BCUT2D eigenvalue weighted by molar-refractivity contribution is 5.92. The van der Waals surface area contributed by atoms with Crippen LogP contribution in [0, 0.1) is 27.7 Å². The standard InChI is InChI=1S/C16H21N3O/c1-10-6-11(2)8-14(7-10)17-16(20)9-15-12(3)18-19(5)13(15)4/h6-8H,9H2,1-5H3,(H,17,20). The lowest BCUT2D eigenvalue weighted by molar-refractivity contribution is -0.115. The number of hydrogen-bond acceptors (Lipinski definition) is 2. The van der Waals surface area contributed by atoms with Crippen LogP contribution >= 0.6 is 0 Å². The number of nitrogens with one attached hydrogen (secondary N) is 1. The summed E-state index contributed by atoms with van der Waals surface area (Å²) >= 11 is 0. The first-order valence-electron chi connectivity index (χ1n) is 6.74. The number of rotatable bonds is 3. The number of aryl methyl sites for hydroxylation is 4. The Labute approximate surface area is 119 Å². The first-order chi connectivity index (χ1) is 9.36. The van der Waals surface area contributed by atoms with Crippen LogP contribution in [0.25, 0.3) is 0 Å². The third-order valence-corrected chi connectivity index (χ3v) is 3.50. The average molecular weight is 271 g/mol. The molecule has 1 heterocycles. The van der Waals surface area contributed by atoms with E-state index in [1.807, 2.05) is 51.6 Å². The number of nitrogens with zero attached hydrogens (tertiary/aromatic N) is 2. The SMILES string of the molecule is Cc1cc(C)cc(NC(=O)Cc2c(C)nn(C)c2C)c1. The van der Waals surface area contributed by atoms with E-state index in [2.05, 4.69) is 16.5 Å². The second kappa shape index (κ2) is 5.49. The first kappa shape index (κ1) is 14.3. The van der Waals surface area contributed by atoms with Crippen molar-refractivity contribution in [3.05, 3.63) is 46.3 Å². The third kappa shape index (κ3) is 3.07. The molecule has 0 aliphatic rings. The minimum atomic E-state index is -0.00537. The summed E-state index contributed by atoms with van der Waals surface area (Å²) in [4.78, 5) is 12.2. The fourth-order valence-corrected chi connectivity index (χ4v) is 2.49. The van der Waals surface area contributed by atoms with Crippen molar-refractivity contribution in [2.45, 2.75) is 34.1 Å². The maximum absolute atomic E-state index is 12.2. The van der Waals surface area contributed by atoms with Crippen molar-refractivity contribution in [2.75, 3.05) is 5.32 Å². The highest BCUT2D eigenvalue weighted by Crippen LogP contribution is 2.16. The van der Waals surface area contributed by atoms with E-state index in [1.165, 1.54) is 0 Å². The molecular formula is C16H21N3O. The van der Waals surface area contributed by atoms with E-state index in [0.29, 0.717) is 6.42 Å². The molecule has 0 bridgehead atoms. The van der Waals surface area contributed by atoms with Crippen LogP contribution in [-0.4, -0.2) is 15.7 Å². The zero-order chi connectivity index (χ0) is 14.9. The van der Waals surface area contributed by atoms with Gasteiger partial charge in [-0.15, -0.1) is 0 Å². The summed E-state index contributed by atoms with van der Waals surface area (Å²) in [7, 11) is 1.90. The van der Waals surface area contributed by atoms with Gasteiger partial charge in [0.2, 0.25) is 5.91 Å². The molecular weight excluding hydrogens is 250 g/mol. The van der Waals surface area contributed by atoms with Crippen LogP contribution in [-0.2, 0) is 18.3 Å². The molecule has 0 aliphatic heterocycles. The fraction of sp³-hybridized carbons (Fsp3) is 0.375. The quantitative estimate of drug-likeness (QED) is 0.933. The maximum atomic E-state index is 12.2. The molecule has 0 atom stereocenters. The summed E-state index contributed by atoms with van der Waals surface area (Å²) in [5.41, 5.74) is 6.11. The van der Waals surface area contributed by atoms with Crippen LogP contribution in [0.15, 0.2) is 18.2 Å². The predicted octanol–water partition coefficient (Wildman–Crippen LogP) is 2.83. The number of anilines is 1. The van der Waals surface area contributed by atoms with Crippen molar-refractivity contribution in [2.24, 2.45) is 7.05 Å². The Balaban J connectivity index is 2.13. The van der Waals surface area contributed by atoms with Gasteiger partial charge in [-0.05, 0) is 51.0 Å². The molecule has 1 aromatic carbocycles. The summed E-state index contributed by atoms with van der Waals surface area (Å²) < 4.78 is 1.81. The Bertz CT molecular complexity index is 636. The van der Waals surface area contributed by atoms with Gasteiger partial charge in [0, 0.05) is 24.0 Å². The highest BCUT2D eigenvalue weighted by atomic mass is 16.1. The largest absolute Gasteiger partial charge is 0.326 e. The van der Waals surface area contributed by atoms with Gasteiger partial charge >= 0.3 is 0 Å². The van der Waals surface area contributed by atoms with Crippen molar-refractivity contribution in [3.63, 3.8) is 0 Å². The van der Waals surface area contributed by atoms with E-state index >= 15 is 0 Å². The predicted molar refractivity (Wildman–Crippen MR) is 80.9 cm³/mol. The van der Waals surface area contributed by atoms with Crippen LogP contribution in [0.1, 0.15) is 28.1 Å². The van der Waals surface area contributed by atoms with Gasteiger partial charge < -0.3 is 5.32 Å². The fourth-order valence-electron chi connectivity index (χ4n) is 2.49. The highest BCUT2D eigenvalue weighted by Gasteiger charge is 2.13. The normalized spacial score (nSPS) is 10.7. The molecule has 2 aromatic rings. The monoisotopic (exact) mass is 271 g/mol. The molecule has 1 aromatic heterocycles. The van der Waals surface area contributed by atoms with Gasteiger partial charge in [-0.3, -0.25) is 9.48 Å². The lowest BCUT2D eigenvalue weighted by atomic mass is 10.1. The molecule has 20 heavy (non-hydrogen) atoms. The van der Waals surface area contributed by atoms with Crippen LogP contribution in [0.3, 0.4) is 0 Å². The third-order valence-electron chi connectivity index (χ3n) is 3.50. The number of carbonyl (C=O) groups excluding carboxylic acids is 1. The second-order valence-corrected chi connectivity index (χ2v) is 5.37. The van der Waals surface area contributed by atoms with Crippen molar-refractivity contribution in [1.29, 1.82) is 0 Å². The molecule has 0 radical (unpaired) electrons. The molecule has 2 rings (SSSR count). The molecule has 0 saturated heterocycles. The molecule has 0 fully saturated rings. The molecule has 4 heteroatoms. The summed E-state index contributed by atoms with van der Waals surface area (Å²) in [5.74, 6) is -0.00537. The topological polar surface area (TPSA) is 46.9 Å². The molecule has 0 aliphatic carbocycles. The number of aromatic nitrogens is 2. The van der Waals surface area contributed by atoms with Gasteiger partial charge in [0.1, 0.15) is 0 Å². The zero-order valence-corrected chi connectivity index (χ0v) is 12.7. The van der Waals surface area contributed by atoms with Crippen LogP contribution in [0.5, 0.6) is 0 Å². The average Bonchev–Trinajstić information content (AvgIpc) is 2.54. The first-order valence-corrected chi connectivity index (χ1v) is 6.74. The van der Waals surface area contributed by atoms with Crippen LogP contribution in [0.2, 0.25) is 0 Å². The number of benzene rings is 1. The lowest BCUT2D eigenvalue weighted by Crippen LogP contribution is -2.15. The minimum Gasteiger partial charge on any atom is -0.326 e. The number of hydrogen-bond donors (Lipinski definition) is 1. The maximum Gasteiger partial charge on any atom is 0.228 e. The zero-order valence-electron chi connectivity index (χ0n) is 12.7. The number of carbonyl (C=O) groups is 1. The van der Waals surface area contributed by atoms with Gasteiger partial charge in [-0.1, -0.05) is 6.07 Å². The lowest BCUT2D eigenvalue weighted by Gasteiger charge is -2.08. The van der Waals surface area contributed by atoms with E-state index in [9.17, 15) is 4.79 Å². The van der Waals surface area contributed by atoms with Crippen molar-refractivity contribution >= 4 is 11.6 Å². The van der Waals surface area contributed by atoms with E-state index in [1.54, 1.807) is 0 Å². The Morgan fingerprint density at radius 2 is 1.75 bits per heavy atom. The summed E-state index contributed by atoms with van der Waals surface area (Å²) in [5, 5.41) is 7.30. The van der Waals surface area contributed by atoms with E-state index in [0.717, 1.165) is 33.8 Å². The van der Waals surface area contributed by atoms with Crippen molar-refractivity contribution < 1.29 is 4.79 Å². The molecule has 1 amide bonds. The summed E-state index contributed by atoms with van der Waals surface area (Å²) in [6, 6.07) is 6.05. The Kier molecular flexibility index (Phi) is 3.93. The van der Waals surface area contributed by atoms with Crippen molar-refractivity contribution in [1.82, 2.24) is 9.78 Å². The Morgan fingerprint density at radius 3 is 2.25 bits per heavy atom. The number of amides is 1. The molecule has 106 valence electrons. The van der Waals surface area contributed by atoms with Gasteiger partial charge in [0.25, 0.3) is 0 Å². The van der Waals surface area contributed by atoms with E-state index in [-0.39, 0.29) is 5.91 Å². The minimum absolute atomic E-state index is 0.00537. The molecule has 0 saturated carbocycles. The summed E-state index contributed by atoms with van der Waals surface area (Å²) in [6.07, 6.45) is 0.360. The van der Waals surface area contributed by atoms with E-state index < -0.39 is 0 Å². The van der Waals surface area contributed by atoms with Gasteiger partial charge in [-0.2, -0.15) is 5.10 Å².